The molecular formula is C9H6F6O2. The molecule has 0 aliphatic carbocycles. The van der Waals surface area contributed by atoms with E-state index in [4.69, 9.17) is 5.11 Å². The van der Waals surface area contributed by atoms with E-state index in [-0.39, 0.29) is 5.75 Å². The number of alkyl halides is 6. The van der Waals surface area contributed by atoms with Crippen LogP contribution in [0.2, 0.25) is 0 Å². The van der Waals surface area contributed by atoms with E-state index in [1.54, 1.807) is 0 Å². The number of benzene rings is 1. The Morgan fingerprint density at radius 1 is 1.00 bits per heavy atom. The van der Waals surface area contributed by atoms with Gasteiger partial charge in [-0.3, -0.25) is 0 Å². The van der Waals surface area contributed by atoms with Gasteiger partial charge in [0.25, 0.3) is 0 Å². The summed E-state index contributed by atoms with van der Waals surface area (Å²) in [5.41, 5.74) is 0. The van der Waals surface area contributed by atoms with E-state index in [9.17, 15) is 26.3 Å². The SMILES string of the molecule is Oc1ccc(OC(F)C(F)(F)C(F)(F)F)cc1. The van der Waals surface area contributed by atoms with Crippen LogP contribution in [0.1, 0.15) is 0 Å². The molecule has 0 aliphatic heterocycles. The van der Waals surface area contributed by atoms with E-state index in [1.807, 2.05) is 0 Å². The number of hydrogen-bond donors (Lipinski definition) is 1. The summed E-state index contributed by atoms with van der Waals surface area (Å²) in [6.45, 7) is 0. The van der Waals surface area contributed by atoms with Crippen LogP contribution in [0.15, 0.2) is 24.3 Å². The molecule has 1 aromatic carbocycles. The topological polar surface area (TPSA) is 29.5 Å². The van der Waals surface area contributed by atoms with E-state index >= 15 is 0 Å². The molecule has 0 fully saturated rings. The first-order valence-corrected chi connectivity index (χ1v) is 4.19. The zero-order valence-corrected chi connectivity index (χ0v) is 8.01. The van der Waals surface area contributed by atoms with Gasteiger partial charge in [0.05, 0.1) is 0 Å². The van der Waals surface area contributed by atoms with Crippen LogP contribution in [-0.4, -0.2) is 23.6 Å². The Labute approximate surface area is 91.4 Å². The van der Waals surface area contributed by atoms with Crippen molar-refractivity contribution in [2.75, 3.05) is 0 Å². The quantitative estimate of drug-likeness (QED) is 0.845. The lowest BCUT2D eigenvalue weighted by molar-refractivity contribution is -0.328. The lowest BCUT2D eigenvalue weighted by Gasteiger charge is -2.23. The molecule has 1 aromatic rings. The van der Waals surface area contributed by atoms with Gasteiger partial charge < -0.3 is 9.84 Å². The minimum Gasteiger partial charge on any atom is -0.508 e. The lowest BCUT2D eigenvalue weighted by atomic mass is 10.3. The molecular weight excluding hydrogens is 254 g/mol. The van der Waals surface area contributed by atoms with Crippen LogP contribution in [0.4, 0.5) is 26.3 Å². The molecule has 0 aromatic heterocycles. The van der Waals surface area contributed by atoms with Crippen molar-refractivity contribution in [3.8, 4) is 11.5 Å². The number of phenolic OH excluding ortho intramolecular Hbond substituents is 1. The molecule has 0 radical (unpaired) electrons. The molecule has 0 bridgehead atoms. The van der Waals surface area contributed by atoms with Crippen molar-refractivity contribution in [2.45, 2.75) is 18.5 Å². The first kappa shape index (κ1) is 13.5. The molecule has 0 amide bonds. The zero-order chi connectivity index (χ0) is 13.3. The van der Waals surface area contributed by atoms with E-state index in [2.05, 4.69) is 4.74 Å². The predicted molar refractivity (Wildman–Crippen MR) is 44.6 cm³/mol. The fourth-order valence-corrected chi connectivity index (χ4v) is 0.847. The fourth-order valence-electron chi connectivity index (χ4n) is 0.847. The van der Waals surface area contributed by atoms with Crippen LogP contribution in [-0.2, 0) is 0 Å². The highest BCUT2D eigenvalue weighted by molar-refractivity contribution is 5.30. The summed E-state index contributed by atoms with van der Waals surface area (Å²) in [5, 5.41) is 8.80. The van der Waals surface area contributed by atoms with E-state index in [0.29, 0.717) is 0 Å². The average molecular weight is 260 g/mol. The molecule has 2 nitrogen and oxygen atoms in total. The summed E-state index contributed by atoms with van der Waals surface area (Å²) in [6.07, 6.45) is -9.89. The fraction of sp³-hybridized carbons (Fsp3) is 0.333. The molecule has 0 spiro atoms. The Kier molecular flexibility index (Phi) is 3.44. The number of ether oxygens (including phenoxy) is 1. The van der Waals surface area contributed by atoms with Crippen molar-refractivity contribution in [3.63, 3.8) is 0 Å². The molecule has 0 saturated heterocycles. The minimum absolute atomic E-state index is 0.268. The second-order valence-corrected chi connectivity index (χ2v) is 3.05. The van der Waals surface area contributed by atoms with Gasteiger partial charge in [0.2, 0.25) is 0 Å². The molecule has 17 heavy (non-hydrogen) atoms. The summed E-state index contributed by atoms with van der Waals surface area (Å²) in [5.74, 6) is -6.43. The van der Waals surface area contributed by atoms with E-state index in [0.717, 1.165) is 24.3 Å². The third kappa shape index (κ3) is 2.95. The average Bonchev–Trinajstić information content (AvgIpc) is 2.19. The Morgan fingerprint density at radius 3 is 1.88 bits per heavy atom. The van der Waals surface area contributed by atoms with E-state index in [1.165, 1.54) is 0 Å². The number of rotatable bonds is 3. The highest BCUT2D eigenvalue weighted by Crippen LogP contribution is 2.40. The number of hydrogen-bond acceptors (Lipinski definition) is 2. The predicted octanol–water partition coefficient (Wildman–Crippen LogP) is 3.26. The van der Waals surface area contributed by atoms with Gasteiger partial charge in [-0.2, -0.15) is 26.3 Å². The second-order valence-electron chi connectivity index (χ2n) is 3.05. The first-order valence-electron chi connectivity index (χ1n) is 4.19. The molecule has 96 valence electrons. The lowest BCUT2D eigenvalue weighted by Crippen LogP contribution is -2.47. The number of phenols is 1. The maximum Gasteiger partial charge on any atom is 0.460 e. The molecule has 0 saturated carbocycles. The summed E-state index contributed by atoms with van der Waals surface area (Å²) >= 11 is 0. The maximum atomic E-state index is 12.7. The number of aromatic hydroxyl groups is 1. The smallest absolute Gasteiger partial charge is 0.460 e. The summed E-state index contributed by atoms with van der Waals surface area (Å²) in [7, 11) is 0. The molecule has 0 aliphatic rings. The monoisotopic (exact) mass is 260 g/mol. The third-order valence-electron chi connectivity index (χ3n) is 1.74. The molecule has 8 heteroatoms. The second kappa shape index (κ2) is 4.34. The molecule has 1 atom stereocenters. The van der Waals surface area contributed by atoms with Gasteiger partial charge in [-0.1, -0.05) is 0 Å². The molecule has 1 N–H and O–H groups in total. The van der Waals surface area contributed by atoms with Crippen LogP contribution < -0.4 is 4.74 Å². The molecule has 0 heterocycles. The van der Waals surface area contributed by atoms with Gasteiger partial charge in [0, 0.05) is 0 Å². The Bertz CT molecular complexity index is 372. The Hall–Kier alpha value is -1.60. The molecule has 1 rings (SSSR count). The summed E-state index contributed by atoms with van der Waals surface area (Å²) in [6, 6.07) is 3.62. The van der Waals surface area contributed by atoms with Crippen molar-refractivity contribution >= 4 is 0 Å². The number of halogens is 6. The largest absolute Gasteiger partial charge is 0.508 e. The van der Waals surface area contributed by atoms with Crippen molar-refractivity contribution in [1.82, 2.24) is 0 Å². The Morgan fingerprint density at radius 2 is 1.47 bits per heavy atom. The normalized spacial score (nSPS) is 14.5. The van der Waals surface area contributed by atoms with Crippen molar-refractivity contribution in [3.05, 3.63) is 24.3 Å². The third-order valence-corrected chi connectivity index (χ3v) is 1.74. The summed E-state index contributed by atoms with van der Waals surface area (Å²) in [4.78, 5) is 0. The highest BCUT2D eigenvalue weighted by atomic mass is 19.4. The van der Waals surface area contributed by atoms with Gasteiger partial charge in [-0.05, 0) is 24.3 Å². The van der Waals surface area contributed by atoms with Gasteiger partial charge in [-0.25, -0.2) is 0 Å². The summed E-state index contributed by atoms with van der Waals surface area (Å²) < 4.78 is 76.6. The standard InChI is InChI=1S/C9H6F6O2/c10-7(8(11,12)9(13,14)15)17-6-3-1-5(16)2-4-6/h1-4,7,16H. The van der Waals surface area contributed by atoms with Crippen molar-refractivity contribution < 1.29 is 36.2 Å². The first-order chi connectivity index (χ1) is 7.64. The van der Waals surface area contributed by atoms with Gasteiger partial charge in [0.1, 0.15) is 11.5 Å². The zero-order valence-electron chi connectivity index (χ0n) is 8.01. The van der Waals surface area contributed by atoms with Crippen LogP contribution in [0.25, 0.3) is 0 Å². The minimum atomic E-state index is -6.04. The van der Waals surface area contributed by atoms with Crippen LogP contribution in [0.3, 0.4) is 0 Å². The Balaban J connectivity index is 2.79. The van der Waals surface area contributed by atoms with E-state index < -0.39 is 24.2 Å². The van der Waals surface area contributed by atoms with Crippen LogP contribution >= 0.6 is 0 Å². The van der Waals surface area contributed by atoms with Crippen LogP contribution in [0.5, 0.6) is 11.5 Å². The van der Waals surface area contributed by atoms with Gasteiger partial charge in [0.15, 0.2) is 0 Å². The van der Waals surface area contributed by atoms with Crippen molar-refractivity contribution in [1.29, 1.82) is 0 Å². The van der Waals surface area contributed by atoms with Gasteiger partial charge >= 0.3 is 18.5 Å². The highest BCUT2D eigenvalue weighted by Gasteiger charge is 2.65. The maximum absolute atomic E-state index is 12.7. The molecule has 1 unspecified atom stereocenters. The van der Waals surface area contributed by atoms with Crippen molar-refractivity contribution in [2.24, 2.45) is 0 Å². The van der Waals surface area contributed by atoms with Crippen LogP contribution in [0, 0.1) is 0 Å². The van der Waals surface area contributed by atoms with Gasteiger partial charge in [-0.15, -0.1) is 0 Å².